The first-order valence-corrected chi connectivity index (χ1v) is 19.3. The predicted molar refractivity (Wildman–Crippen MR) is 184 cm³/mol. The third-order valence-corrected chi connectivity index (χ3v) is 13.7. The van der Waals surface area contributed by atoms with E-state index in [0.717, 1.165) is 75.4 Å². The number of rotatable bonds is 3. The van der Waals surface area contributed by atoms with Crippen LogP contribution in [-0.2, 0) is 31.3 Å². The van der Waals surface area contributed by atoms with Crippen molar-refractivity contribution < 1.29 is 27.4 Å². The Bertz CT molecular complexity index is 1620. The van der Waals surface area contributed by atoms with Crippen LogP contribution in [0.5, 0.6) is 5.75 Å². The van der Waals surface area contributed by atoms with E-state index in [2.05, 4.69) is 33.9 Å². The summed E-state index contributed by atoms with van der Waals surface area (Å²) in [7, 11) is -3.92. The monoisotopic (exact) mass is 682 g/mol. The summed E-state index contributed by atoms with van der Waals surface area (Å²) in [4.78, 5) is 15.9. The minimum atomic E-state index is -3.92. The topological polar surface area (TPSA) is 94.2 Å². The third kappa shape index (κ3) is 6.70. The summed E-state index contributed by atoms with van der Waals surface area (Å²) in [6.45, 7) is 6.98. The highest BCUT2D eigenvalue weighted by molar-refractivity contribution is 7.90. The minimum Gasteiger partial charge on any atom is -0.490 e. The number of carbonyl (C=O) groups is 1. The number of ether oxygens (including phenoxy) is 3. The molecule has 8 nitrogen and oxygen atoms in total. The minimum absolute atomic E-state index is 0.0785. The van der Waals surface area contributed by atoms with Crippen molar-refractivity contribution in [3.8, 4) is 5.75 Å². The number of amides is 1. The van der Waals surface area contributed by atoms with E-state index < -0.39 is 21.2 Å². The van der Waals surface area contributed by atoms with E-state index in [1.165, 1.54) is 11.1 Å². The SMILES string of the molecule is C[C@@H]1[C@@H](C)C/C=C/[C@H](OC[C@H]2CCCO2)[C@@H]2CC[C@H]2CN2C[C@@]3(CCCc4cc(Cl)ccc43)COc3ccc(cc32)C(=O)NS1(=O)=O. The van der Waals surface area contributed by atoms with Crippen LogP contribution < -0.4 is 14.4 Å². The summed E-state index contributed by atoms with van der Waals surface area (Å²) >= 11 is 6.45. The van der Waals surface area contributed by atoms with Gasteiger partial charge >= 0.3 is 0 Å². The van der Waals surface area contributed by atoms with E-state index in [1.54, 1.807) is 13.0 Å². The Kier molecular flexibility index (Phi) is 9.37. The molecule has 47 heavy (non-hydrogen) atoms. The zero-order valence-electron chi connectivity index (χ0n) is 27.5. The zero-order valence-corrected chi connectivity index (χ0v) is 29.0. The van der Waals surface area contributed by atoms with Gasteiger partial charge in [-0.05, 0) is 118 Å². The first kappa shape index (κ1) is 32.9. The number of sulfonamides is 1. The van der Waals surface area contributed by atoms with Crippen LogP contribution in [0.25, 0.3) is 0 Å². The fraction of sp³-hybridized carbons (Fsp3) is 0.595. The molecule has 2 aromatic carbocycles. The van der Waals surface area contributed by atoms with Gasteiger partial charge in [0, 0.05) is 35.7 Å². The second kappa shape index (κ2) is 13.4. The van der Waals surface area contributed by atoms with Gasteiger partial charge in [0.2, 0.25) is 10.0 Å². The first-order chi connectivity index (χ1) is 22.6. The second-order valence-corrected chi connectivity index (χ2v) is 17.0. The van der Waals surface area contributed by atoms with Crippen LogP contribution in [0.1, 0.15) is 80.3 Å². The second-order valence-electron chi connectivity index (χ2n) is 14.5. The molecule has 2 bridgehead atoms. The Morgan fingerprint density at radius 3 is 2.77 bits per heavy atom. The van der Waals surface area contributed by atoms with Crippen molar-refractivity contribution in [1.29, 1.82) is 0 Å². The molecular formula is C37H47ClN2O6S. The maximum atomic E-state index is 13.5. The van der Waals surface area contributed by atoms with Crippen LogP contribution in [0.15, 0.2) is 48.6 Å². The number of benzene rings is 2. The molecule has 2 aliphatic carbocycles. The highest BCUT2D eigenvalue weighted by Gasteiger charge is 2.45. The molecule has 1 spiro atoms. The number of allylic oxidation sites excluding steroid dienone is 1. The van der Waals surface area contributed by atoms with Gasteiger partial charge in [-0.3, -0.25) is 4.79 Å². The number of hydrogen-bond acceptors (Lipinski definition) is 7. The molecule has 10 heteroatoms. The predicted octanol–water partition coefficient (Wildman–Crippen LogP) is 6.45. The molecule has 0 radical (unpaired) electrons. The molecule has 254 valence electrons. The lowest BCUT2D eigenvalue weighted by Crippen LogP contribution is -2.50. The number of anilines is 1. The molecular weight excluding hydrogens is 636 g/mol. The van der Waals surface area contributed by atoms with Gasteiger partial charge < -0.3 is 19.1 Å². The fourth-order valence-electron chi connectivity index (χ4n) is 8.31. The van der Waals surface area contributed by atoms with E-state index >= 15 is 0 Å². The summed E-state index contributed by atoms with van der Waals surface area (Å²) in [5, 5.41) is -0.00975. The highest BCUT2D eigenvalue weighted by atomic mass is 35.5. The number of carbonyl (C=O) groups excluding carboxylic acids is 1. The first-order valence-electron chi connectivity index (χ1n) is 17.4. The Morgan fingerprint density at radius 1 is 1.11 bits per heavy atom. The molecule has 0 aromatic heterocycles. The number of nitrogens with one attached hydrogen (secondary N) is 1. The van der Waals surface area contributed by atoms with Crippen molar-refractivity contribution >= 4 is 33.2 Å². The Labute approximate surface area is 284 Å². The van der Waals surface area contributed by atoms with Crippen LogP contribution in [0.3, 0.4) is 0 Å². The molecule has 7 rings (SSSR count). The van der Waals surface area contributed by atoms with Crippen molar-refractivity contribution in [3.05, 3.63) is 70.3 Å². The Morgan fingerprint density at radius 2 is 1.98 bits per heavy atom. The molecule has 0 unspecified atom stereocenters. The normalized spacial score (nSPS) is 34.3. The number of aryl methyl sites for hydroxylation is 1. The lowest BCUT2D eigenvalue weighted by molar-refractivity contribution is -0.0532. The lowest BCUT2D eigenvalue weighted by atomic mass is 9.68. The smallest absolute Gasteiger partial charge is 0.264 e. The van der Waals surface area contributed by atoms with Crippen LogP contribution in [0.4, 0.5) is 5.69 Å². The molecule has 1 amide bonds. The van der Waals surface area contributed by atoms with Crippen molar-refractivity contribution in [2.24, 2.45) is 17.8 Å². The zero-order chi connectivity index (χ0) is 32.8. The van der Waals surface area contributed by atoms with E-state index in [1.807, 2.05) is 25.1 Å². The van der Waals surface area contributed by atoms with Gasteiger partial charge in [0.25, 0.3) is 5.91 Å². The van der Waals surface area contributed by atoms with E-state index in [9.17, 15) is 13.2 Å². The van der Waals surface area contributed by atoms with Crippen LogP contribution >= 0.6 is 11.6 Å². The summed E-state index contributed by atoms with van der Waals surface area (Å²) in [5.74, 6) is 0.612. The number of hydrogen-bond donors (Lipinski definition) is 1. The van der Waals surface area contributed by atoms with Gasteiger partial charge in [0.15, 0.2) is 0 Å². The highest BCUT2D eigenvalue weighted by Crippen LogP contribution is 2.47. The van der Waals surface area contributed by atoms with Gasteiger partial charge in [-0.25, -0.2) is 13.1 Å². The van der Waals surface area contributed by atoms with E-state index in [-0.39, 0.29) is 23.5 Å². The molecule has 3 aliphatic heterocycles. The average Bonchev–Trinajstić information content (AvgIpc) is 3.51. The standard InChI is InChI=1S/C37H47ClN2O6S/c1-24-6-3-9-34(45-21-30-8-5-17-44-30)31-13-10-28(31)20-40-22-37(16-4-7-26-18-29(38)12-14-32(26)37)23-46-35-15-11-27(19-33(35)40)36(41)39-47(42,43)25(24)2/h3,9,11-12,14-15,18-19,24-25,28,30-31,34H,4-8,10,13,16-17,20-23H2,1-2H3,(H,39,41)/b9-3+/t24-,25+,28-,30+,31+,34-,37-/m0/s1. The van der Waals surface area contributed by atoms with Crippen LogP contribution in [0, 0.1) is 17.8 Å². The van der Waals surface area contributed by atoms with Gasteiger partial charge in [-0.2, -0.15) is 0 Å². The summed E-state index contributed by atoms with van der Waals surface area (Å²) in [5.41, 5.74) is 3.45. The maximum Gasteiger partial charge on any atom is 0.264 e. The molecule has 1 saturated carbocycles. The number of fused-ring (bicyclic) bond motifs is 4. The third-order valence-electron chi connectivity index (χ3n) is 11.5. The van der Waals surface area contributed by atoms with Gasteiger partial charge in [-0.1, -0.05) is 36.7 Å². The quantitative estimate of drug-likeness (QED) is 0.372. The summed E-state index contributed by atoms with van der Waals surface area (Å²) in [6.07, 6.45) is 12.1. The molecule has 1 saturated heterocycles. The summed E-state index contributed by atoms with van der Waals surface area (Å²) < 4.78 is 48.3. The van der Waals surface area contributed by atoms with Gasteiger partial charge in [-0.15, -0.1) is 0 Å². The summed E-state index contributed by atoms with van der Waals surface area (Å²) in [6, 6.07) is 11.6. The fourth-order valence-corrected chi connectivity index (χ4v) is 9.79. The number of halogens is 1. The molecule has 3 heterocycles. The van der Waals surface area contributed by atoms with Crippen molar-refractivity contribution in [2.45, 2.75) is 88.1 Å². The number of nitrogens with zero attached hydrogens (tertiary/aromatic N) is 1. The average molecular weight is 683 g/mol. The van der Waals surface area contributed by atoms with Crippen LogP contribution in [-0.4, -0.2) is 64.7 Å². The molecule has 7 atom stereocenters. The van der Waals surface area contributed by atoms with Gasteiger partial charge in [0.1, 0.15) is 5.75 Å². The van der Waals surface area contributed by atoms with E-state index in [0.29, 0.717) is 42.8 Å². The lowest BCUT2D eigenvalue weighted by Gasteiger charge is -2.46. The van der Waals surface area contributed by atoms with Crippen molar-refractivity contribution in [3.63, 3.8) is 0 Å². The Balaban J connectivity index is 1.27. The van der Waals surface area contributed by atoms with E-state index in [4.69, 9.17) is 25.8 Å². The maximum absolute atomic E-state index is 13.5. The molecule has 1 N–H and O–H groups in total. The molecule has 5 aliphatic rings. The van der Waals surface area contributed by atoms with Gasteiger partial charge in [0.05, 0.1) is 36.4 Å². The largest absolute Gasteiger partial charge is 0.490 e. The van der Waals surface area contributed by atoms with Crippen LogP contribution in [0.2, 0.25) is 5.02 Å². The van der Waals surface area contributed by atoms with Crippen molar-refractivity contribution in [1.82, 2.24) is 4.72 Å². The Hall–Kier alpha value is -2.59. The molecule has 2 aromatic rings. The molecule has 2 fully saturated rings. The van der Waals surface area contributed by atoms with Crippen molar-refractivity contribution in [2.75, 3.05) is 37.8 Å².